The van der Waals surface area contributed by atoms with Gasteiger partial charge in [-0.3, -0.25) is 14.6 Å². The highest BCUT2D eigenvalue weighted by atomic mass is 16.5. The van der Waals surface area contributed by atoms with Gasteiger partial charge in [-0.15, -0.1) is 0 Å². The van der Waals surface area contributed by atoms with Crippen LogP contribution in [-0.2, 0) is 25.7 Å². The quantitative estimate of drug-likeness (QED) is 0.492. The van der Waals surface area contributed by atoms with Crippen LogP contribution in [0.3, 0.4) is 0 Å². The molecule has 1 aliphatic rings. The molecule has 1 aliphatic heterocycles. The number of pyridine rings is 1. The molecule has 2 aromatic rings. The Morgan fingerprint density at radius 1 is 1.18 bits per heavy atom. The van der Waals surface area contributed by atoms with E-state index in [0.717, 1.165) is 5.56 Å². The Bertz CT molecular complexity index is 1090. The van der Waals surface area contributed by atoms with E-state index in [0.29, 0.717) is 23.6 Å². The molecule has 0 radical (unpaired) electrons. The number of carbonyl (C=O) groups excluding carboxylic acids is 3. The molecule has 1 N–H and O–H groups in total. The predicted molar refractivity (Wildman–Crippen MR) is 123 cm³/mol. The highest BCUT2D eigenvalue weighted by Crippen LogP contribution is 2.33. The summed E-state index contributed by atoms with van der Waals surface area (Å²) in [6, 6.07) is 10.6. The standard InChI is InChI=1S/C25H27N3O5/c1-16(2)27-22(29)15-33-20-9-7-18(8-10-20)12-21-23(25(31)32-4)17(3)28(24(21)30)14-19-6-5-11-26-13-19/h5-13,16H,14-15H2,1-4H3,(H,27,29)/b21-12-. The van der Waals surface area contributed by atoms with Gasteiger partial charge in [0.25, 0.3) is 11.8 Å². The Balaban J connectivity index is 1.81. The van der Waals surface area contributed by atoms with Gasteiger partial charge in [-0.1, -0.05) is 18.2 Å². The van der Waals surface area contributed by atoms with Crippen LogP contribution in [0.2, 0.25) is 0 Å². The third-order valence-corrected chi connectivity index (χ3v) is 4.98. The van der Waals surface area contributed by atoms with Crippen molar-refractivity contribution in [2.75, 3.05) is 13.7 Å². The molecule has 0 unspecified atom stereocenters. The number of ether oxygens (including phenoxy) is 2. The number of aromatic nitrogens is 1. The number of hydrogen-bond donors (Lipinski definition) is 1. The van der Waals surface area contributed by atoms with Crippen molar-refractivity contribution in [3.8, 4) is 5.75 Å². The molecule has 0 atom stereocenters. The number of nitrogens with one attached hydrogen (secondary N) is 1. The molecule has 1 aromatic carbocycles. The van der Waals surface area contributed by atoms with E-state index < -0.39 is 5.97 Å². The van der Waals surface area contributed by atoms with Crippen LogP contribution in [0.4, 0.5) is 0 Å². The molecule has 1 aromatic heterocycles. The average Bonchev–Trinajstić information content (AvgIpc) is 3.02. The van der Waals surface area contributed by atoms with E-state index in [-0.39, 0.29) is 35.6 Å². The first-order valence-electron chi connectivity index (χ1n) is 10.5. The van der Waals surface area contributed by atoms with E-state index in [4.69, 9.17) is 9.47 Å². The third-order valence-electron chi connectivity index (χ3n) is 4.98. The summed E-state index contributed by atoms with van der Waals surface area (Å²) in [6.07, 6.45) is 4.99. The summed E-state index contributed by atoms with van der Waals surface area (Å²) in [7, 11) is 1.29. The van der Waals surface area contributed by atoms with Crippen LogP contribution in [0.25, 0.3) is 6.08 Å². The zero-order chi connectivity index (χ0) is 24.0. The number of allylic oxidation sites excluding steroid dienone is 1. The number of nitrogens with zero attached hydrogens (tertiary/aromatic N) is 2. The second kappa shape index (κ2) is 10.6. The maximum Gasteiger partial charge on any atom is 0.340 e. The lowest BCUT2D eigenvalue weighted by Crippen LogP contribution is -2.34. The highest BCUT2D eigenvalue weighted by Gasteiger charge is 2.37. The van der Waals surface area contributed by atoms with E-state index in [2.05, 4.69) is 10.3 Å². The predicted octanol–water partition coefficient (Wildman–Crippen LogP) is 2.86. The largest absolute Gasteiger partial charge is 0.484 e. The molecule has 3 rings (SSSR count). The number of benzene rings is 1. The first-order chi connectivity index (χ1) is 15.8. The first kappa shape index (κ1) is 23.7. The van der Waals surface area contributed by atoms with Crippen LogP contribution in [0.5, 0.6) is 5.75 Å². The molecular formula is C25H27N3O5. The van der Waals surface area contributed by atoms with Crippen LogP contribution in [0.15, 0.2) is 65.6 Å². The fourth-order valence-corrected chi connectivity index (χ4v) is 3.43. The maximum atomic E-state index is 13.2. The summed E-state index contributed by atoms with van der Waals surface area (Å²) < 4.78 is 10.4. The van der Waals surface area contributed by atoms with Gasteiger partial charge in [0.05, 0.1) is 24.8 Å². The van der Waals surface area contributed by atoms with Crippen molar-refractivity contribution >= 4 is 23.9 Å². The summed E-state index contributed by atoms with van der Waals surface area (Å²) in [4.78, 5) is 43.1. The van der Waals surface area contributed by atoms with Gasteiger partial charge < -0.3 is 19.7 Å². The molecule has 0 fully saturated rings. The van der Waals surface area contributed by atoms with Gasteiger partial charge in [0.2, 0.25) is 0 Å². The minimum Gasteiger partial charge on any atom is -0.484 e. The summed E-state index contributed by atoms with van der Waals surface area (Å²) in [5.74, 6) is -0.545. The van der Waals surface area contributed by atoms with Gasteiger partial charge in [0, 0.05) is 24.1 Å². The molecule has 0 saturated carbocycles. The van der Waals surface area contributed by atoms with Crippen molar-refractivity contribution < 1.29 is 23.9 Å². The van der Waals surface area contributed by atoms with Crippen molar-refractivity contribution in [1.82, 2.24) is 15.2 Å². The molecule has 0 saturated heterocycles. The first-order valence-corrected chi connectivity index (χ1v) is 10.5. The monoisotopic (exact) mass is 449 g/mol. The highest BCUT2D eigenvalue weighted by molar-refractivity contribution is 6.16. The number of methoxy groups -OCH3 is 1. The third kappa shape index (κ3) is 5.85. The molecule has 0 aliphatic carbocycles. The minimum absolute atomic E-state index is 0.0392. The van der Waals surface area contributed by atoms with Crippen LogP contribution in [0, 0.1) is 0 Å². The van der Waals surface area contributed by atoms with Gasteiger partial charge in [0.15, 0.2) is 6.61 Å². The topological polar surface area (TPSA) is 97.8 Å². The Morgan fingerprint density at radius 3 is 2.52 bits per heavy atom. The molecule has 33 heavy (non-hydrogen) atoms. The van der Waals surface area contributed by atoms with Gasteiger partial charge in [-0.25, -0.2) is 4.79 Å². The normalized spacial score (nSPS) is 14.8. The molecule has 8 heteroatoms. The summed E-state index contributed by atoms with van der Waals surface area (Å²) in [5, 5.41) is 2.76. The Kier molecular flexibility index (Phi) is 7.61. The van der Waals surface area contributed by atoms with Crippen molar-refractivity contribution in [3.05, 3.63) is 76.8 Å². The van der Waals surface area contributed by atoms with Crippen molar-refractivity contribution in [3.63, 3.8) is 0 Å². The van der Waals surface area contributed by atoms with Crippen LogP contribution < -0.4 is 10.1 Å². The van der Waals surface area contributed by atoms with Crippen LogP contribution >= 0.6 is 0 Å². The number of hydrogen-bond acceptors (Lipinski definition) is 6. The van der Waals surface area contributed by atoms with E-state index >= 15 is 0 Å². The Labute approximate surface area is 192 Å². The lowest BCUT2D eigenvalue weighted by atomic mass is 10.0. The van der Waals surface area contributed by atoms with E-state index in [9.17, 15) is 14.4 Å². The smallest absolute Gasteiger partial charge is 0.340 e. The average molecular weight is 450 g/mol. The van der Waals surface area contributed by atoms with Gasteiger partial charge in [-0.2, -0.15) is 0 Å². The summed E-state index contributed by atoms with van der Waals surface area (Å²) in [6.45, 7) is 5.68. The SMILES string of the molecule is COC(=O)C1=C(C)N(Cc2cccnc2)C(=O)/C1=C\c1ccc(OCC(=O)NC(C)C)cc1. The minimum atomic E-state index is -0.572. The molecule has 0 bridgehead atoms. The molecule has 0 spiro atoms. The van der Waals surface area contributed by atoms with E-state index in [1.54, 1.807) is 60.6 Å². The number of esters is 1. The summed E-state index contributed by atoms with van der Waals surface area (Å²) >= 11 is 0. The Morgan fingerprint density at radius 2 is 1.91 bits per heavy atom. The van der Waals surface area contributed by atoms with Crippen LogP contribution in [0.1, 0.15) is 31.9 Å². The van der Waals surface area contributed by atoms with E-state index in [1.165, 1.54) is 7.11 Å². The van der Waals surface area contributed by atoms with Crippen molar-refractivity contribution in [2.45, 2.75) is 33.4 Å². The fourth-order valence-electron chi connectivity index (χ4n) is 3.43. The number of carbonyl (C=O) groups is 3. The zero-order valence-electron chi connectivity index (χ0n) is 19.1. The molecule has 2 amide bonds. The fraction of sp³-hybridized carbons (Fsp3) is 0.280. The number of rotatable bonds is 8. The lowest BCUT2D eigenvalue weighted by molar-refractivity contribution is -0.136. The van der Waals surface area contributed by atoms with E-state index in [1.807, 2.05) is 19.9 Å². The van der Waals surface area contributed by atoms with Gasteiger partial charge in [0.1, 0.15) is 5.75 Å². The van der Waals surface area contributed by atoms with Crippen molar-refractivity contribution in [2.24, 2.45) is 0 Å². The molecular weight excluding hydrogens is 422 g/mol. The summed E-state index contributed by atoms with van der Waals surface area (Å²) in [5.41, 5.74) is 2.57. The van der Waals surface area contributed by atoms with Gasteiger partial charge in [-0.05, 0) is 56.2 Å². The van der Waals surface area contributed by atoms with Crippen LogP contribution in [-0.4, -0.2) is 47.4 Å². The number of amides is 2. The molecule has 2 heterocycles. The molecule has 172 valence electrons. The van der Waals surface area contributed by atoms with Gasteiger partial charge >= 0.3 is 5.97 Å². The molecule has 8 nitrogen and oxygen atoms in total. The zero-order valence-corrected chi connectivity index (χ0v) is 19.1. The second-order valence-corrected chi connectivity index (χ2v) is 7.84. The second-order valence-electron chi connectivity index (χ2n) is 7.84. The Hall–Kier alpha value is -3.94. The van der Waals surface area contributed by atoms with Crippen molar-refractivity contribution in [1.29, 1.82) is 0 Å². The maximum absolute atomic E-state index is 13.2. The lowest BCUT2D eigenvalue weighted by Gasteiger charge is -2.17.